The fourth-order valence-corrected chi connectivity index (χ4v) is 2.13. The van der Waals surface area contributed by atoms with Crippen LogP contribution in [0.5, 0.6) is 0 Å². The minimum Gasteiger partial charge on any atom is -0.364 e. The molecule has 2 heterocycles. The Labute approximate surface area is 114 Å². The zero-order valence-corrected chi connectivity index (χ0v) is 11.9. The second-order valence-corrected chi connectivity index (χ2v) is 5.20. The summed E-state index contributed by atoms with van der Waals surface area (Å²) in [5.74, 6) is 1.28. The summed E-state index contributed by atoms with van der Waals surface area (Å²) >= 11 is 0. The molecule has 5 heteroatoms. The predicted octanol–water partition coefficient (Wildman–Crippen LogP) is 2.39. The van der Waals surface area contributed by atoms with E-state index in [4.69, 9.17) is 5.73 Å². The van der Waals surface area contributed by atoms with Crippen molar-refractivity contribution in [3.63, 3.8) is 0 Å². The van der Waals surface area contributed by atoms with Gasteiger partial charge < -0.3 is 11.1 Å². The molecule has 2 rings (SSSR count). The maximum atomic E-state index is 5.79. The summed E-state index contributed by atoms with van der Waals surface area (Å²) in [6, 6.07) is 2.36. The van der Waals surface area contributed by atoms with Crippen molar-refractivity contribution in [1.29, 1.82) is 0 Å². The van der Waals surface area contributed by atoms with Gasteiger partial charge in [-0.15, -0.1) is 0 Å². The normalized spacial score (nSPS) is 13.1. The van der Waals surface area contributed by atoms with Crippen LogP contribution in [0.25, 0.3) is 5.52 Å². The molecule has 3 N–H and O–H groups in total. The molecule has 0 spiro atoms. The van der Waals surface area contributed by atoms with Gasteiger partial charge in [-0.2, -0.15) is 5.10 Å². The summed E-state index contributed by atoms with van der Waals surface area (Å²) in [6.45, 7) is 7.06. The van der Waals surface area contributed by atoms with Gasteiger partial charge in [0.05, 0.1) is 5.69 Å². The quantitative estimate of drug-likeness (QED) is 0.837. The number of hydrogen-bond donors (Lipinski definition) is 2. The molecule has 0 amide bonds. The van der Waals surface area contributed by atoms with Crippen LogP contribution in [0.3, 0.4) is 0 Å². The molecule has 0 aliphatic rings. The van der Waals surface area contributed by atoms with Crippen LogP contribution < -0.4 is 11.1 Å². The molecule has 0 saturated heterocycles. The number of anilines is 1. The first-order valence-corrected chi connectivity index (χ1v) is 6.96. The van der Waals surface area contributed by atoms with Gasteiger partial charge in [-0.1, -0.05) is 27.2 Å². The Kier molecular flexibility index (Phi) is 4.37. The number of fused-ring (bicyclic) bond motifs is 1. The Balaban J connectivity index is 2.32. The third-order valence-corrected chi connectivity index (χ3v) is 3.26. The van der Waals surface area contributed by atoms with Crippen molar-refractivity contribution in [3.8, 4) is 0 Å². The Morgan fingerprint density at radius 2 is 2.21 bits per heavy atom. The van der Waals surface area contributed by atoms with Crippen molar-refractivity contribution < 1.29 is 0 Å². The summed E-state index contributed by atoms with van der Waals surface area (Å²) in [5, 5.41) is 7.99. The van der Waals surface area contributed by atoms with E-state index in [2.05, 4.69) is 42.2 Å². The van der Waals surface area contributed by atoms with Crippen molar-refractivity contribution in [2.75, 3.05) is 11.9 Å². The summed E-state index contributed by atoms with van der Waals surface area (Å²) in [5.41, 5.74) is 7.89. The summed E-state index contributed by atoms with van der Waals surface area (Å²) in [4.78, 5) is 4.42. The molecule has 0 aliphatic heterocycles. The first kappa shape index (κ1) is 13.8. The third-order valence-electron chi connectivity index (χ3n) is 3.26. The Morgan fingerprint density at radius 3 is 2.84 bits per heavy atom. The lowest BCUT2D eigenvalue weighted by Crippen LogP contribution is -2.29. The smallest absolute Gasteiger partial charge is 0.152 e. The van der Waals surface area contributed by atoms with Gasteiger partial charge in [-0.3, -0.25) is 0 Å². The van der Waals surface area contributed by atoms with Crippen LogP contribution in [-0.2, 0) is 0 Å². The second-order valence-electron chi connectivity index (χ2n) is 5.20. The van der Waals surface area contributed by atoms with Crippen LogP contribution in [0, 0.1) is 0 Å². The fourth-order valence-electron chi connectivity index (χ4n) is 2.13. The molecular formula is C14H23N5. The van der Waals surface area contributed by atoms with Gasteiger partial charge in [0.1, 0.15) is 5.52 Å². The van der Waals surface area contributed by atoms with E-state index in [0.29, 0.717) is 12.5 Å². The van der Waals surface area contributed by atoms with E-state index in [-0.39, 0.29) is 6.04 Å². The van der Waals surface area contributed by atoms with Crippen LogP contribution in [0.1, 0.15) is 45.2 Å². The fraction of sp³-hybridized carbons (Fsp3) is 0.571. The maximum absolute atomic E-state index is 5.79. The molecule has 0 aliphatic carbocycles. The third kappa shape index (κ3) is 3.04. The molecule has 0 saturated carbocycles. The highest BCUT2D eigenvalue weighted by Crippen LogP contribution is 2.20. The highest BCUT2D eigenvalue weighted by atomic mass is 15.2. The van der Waals surface area contributed by atoms with Gasteiger partial charge in [0, 0.05) is 25.0 Å². The average Bonchev–Trinajstić information content (AvgIpc) is 2.83. The molecule has 104 valence electrons. The zero-order valence-electron chi connectivity index (χ0n) is 11.9. The van der Waals surface area contributed by atoms with Crippen LogP contribution in [0.15, 0.2) is 18.5 Å². The van der Waals surface area contributed by atoms with E-state index in [1.54, 1.807) is 6.20 Å². The van der Waals surface area contributed by atoms with Gasteiger partial charge in [0.15, 0.2) is 5.82 Å². The highest BCUT2D eigenvalue weighted by molar-refractivity contribution is 5.68. The topological polar surface area (TPSA) is 68.2 Å². The monoisotopic (exact) mass is 261 g/mol. The molecule has 1 atom stereocenters. The zero-order chi connectivity index (χ0) is 13.8. The van der Waals surface area contributed by atoms with Gasteiger partial charge in [-0.05, 0) is 18.4 Å². The summed E-state index contributed by atoms with van der Waals surface area (Å²) in [6.07, 6.45) is 5.80. The SMILES string of the molecule is CCCC(CN)Nc1nccn2nc(C(C)C)cc12. The largest absolute Gasteiger partial charge is 0.364 e. The van der Waals surface area contributed by atoms with Gasteiger partial charge in [-0.25, -0.2) is 9.50 Å². The van der Waals surface area contributed by atoms with Crippen molar-refractivity contribution in [2.24, 2.45) is 5.73 Å². The molecular weight excluding hydrogens is 238 g/mol. The standard InChI is InChI=1S/C14H23N5/c1-4-5-11(9-15)17-14-13-8-12(10(2)3)18-19(13)7-6-16-14/h6-8,10-11H,4-5,9,15H2,1-3H3,(H,16,17). The lowest BCUT2D eigenvalue weighted by Gasteiger charge is -2.16. The maximum Gasteiger partial charge on any atom is 0.152 e. The number of rotatable bonds is 6. The number of nitrogens with one attached hydrogen (secondary N) is 1. The molecule has 19 heavy (non-hydrogen) atoms. The molecule has 2 aromatic rings. The first-order chi connectivity index (χ1) is 9.15. The molecule has 0 bridgehead atoms. The average molecular weight is 261 g/mol. The Bertz CT molecular complexity index is 532. The Hall–Kier alpha value is -1.62. The van der Waals surface area contributed by atoms with Gasteiger partial charge in [0.25, 0.3) is 0 Å². The summed E-state index contributed by atoms with van der Waals surface area (Å²) in [7, 11) is 0. The molecule has 5 nitrogen and oxygen atoms in total. The van der Waals surface area contributed by atoms with Gasteiger partial charge in [0.2, 0.25) is 0 Å². The molecule has 0 fully saturated rings. The van der Waals surface area contributed by atoms with E-state index in [1.165, 1.54) is 0 Å². The van der Waals surface area contributed by atoms with E-state index in [0.717, 1.165) is 29.9 Å². The second kappa shape index (κ2) is 6.02. The first-order valence-electron chi connectivity index (χ1n) is 6.96. The number of aromatic nitrogens is 3. The molecule has 2 aromatic heterocycles. The van der Waals surface area contributed by atoms with Crippen molar-refractivity contribution in [1.82, 2.24) is 14.6 Å². The number of nitrogens with zero attached hydrogens (tertiary/aromatic N) is 3. The lowest BCUT2D eigenvalue weighted by atomic mass is 10.1. The molecule has 1 unspecified atom stereocenters. The van der Waals surface area contributed by atoms with Crippen molar-refractivity contribution in [3.05, 3.63) is 24.2 Å². The molecule has 0 aromatic carbocycles. The minimum atomic E-state index is 0.265. The number of hydrogen-bond acceptors (Lipinski definition) is 4. The number of nitrogens with two attached hydrogens (primary N) is 1. The van der Waals surface area contributed by atoms with E-state index in [1.807, 2.05) is 10.7 Å². The van der Waals surface area contributed by atoms with Crippen LogP contribution >= 0.6 is 0 Å². The predicted molar refractivity (Wildman–Crippen MR) is 78.4 cm³/mol. The van der Waals surface area contributed by atoms with Crippen molar-refractivity contribution in [2.45, 2.75) is 45.6 Å². The highest BCUT2D eigenvalue weighted by Gasteiger charge is 2.12. The van der Waals surface area contributed by atoms with Crippen LogP contribution in [0.4, 0.5) is 5.82 Å². The van der Waals surface area contributed by atoms with E-state index in [9.17, 15) is 0 Å². The summed E-state index contributed by atoms with van der Waals surface area (Å²) < 4.78 is 1.88. The van der Waals surface area contributed by atoms with E-state index >= 15 is 0 Å². The van der Waals surface area contributed by atoms with Crippen LogP contribution in [-0.4, -0.2) is 27.2 Å². The minimum absolute atomic E-state index is 0.265. The molecule has 0 radical (unpaired) electrons. The lowest BCUT2D eigenvalue weighted by molar-refractivity contribution is 0.646. The van der Waals surface area contributed by atoms with Crippen LogP contribution in [0.2, 0.25) is 0 Å². The van der Waals surface area contributed by atoms with E-state index < -0.39 is 0 Å². The Morgan fingerprint density at radius 1 is 1.42 bits per heavy atom. The van der Waals surface area contributed by atoms with Crippen molar-refractivity contribution >= 4 is 11.3 Å². The van der Waals surface area contributed by atoms with Gasteiger partial charge >= 0.3 is 0 Å².